The van der Waals surface area contributed by atoms with Crippen molar-refractivity contribution in [2.24, 2.45) is 7.05 Å². The Labute approximate surface area is 162 Å². The van der Waals surface area contributed by atoms with Crippen LogP contribution in [0.4, 0.5) is 25.1 Å². The molecular formula is C16H18F3N7O3. The molecule has 1 saturated heterocycles. The molecule has 0 bridgehead atoms. The molecule has 0 aromatic carbocycles. The Morgan fingerprint density at radius 2 is 2.14 bits per heavy atom. The number of rotatable bonds is 3. The summed E-state index contributed by atoms with van der Waals surface area (Å²) in [7, 11) is 1.44. The van der Waals surface area contributed by atoms with Gasteiger partial charge in [0, 0.05) is 20.1 Å². The first kappa shape index (κ1) is 20.5. The third kappa shape index (κ3) is 3.83. The number of alkyl halides is 3. The number of ether oxygens (including phenoxy) is 1. The summed E-state index contributed by atoms with van der Waals surface area (Å²) in [6.45, 7) is 2.15. The first-order valence-corrected chi connectivity index (χ1v) is 8.52. The molecule has 0 radical (unpaired) electrons. The predicted molar refractivity (Wildman–Crippen MR) is 96.8 cm³/mol. The van der Waals surface area contributed by atoms with Gasteiger partial charge in [-0.15, -0.1) is 5.92 Å². The number of carbonyl (C=O) groups is 1. The summed E-state index contributed by atoms with van der Waals surface area (Å²) in [4.78, 5) is 33.8. The zero-order valence-electron chi connectivity index (χ0n) is 15.6. The molecule has 156 valence electrons. The van der Waals surface area contributed by atoms with Crippen molar-refractivity contribution in [3.8, 4) is 11.8 Å². The molecule has 0 amide bonds. The van der Waals surface area contributed by atoms with Gasteiger partial charge in [-0.3, -0.25) is 13.9 Å². The maximum absolute atomic E-state index is 12.7. The van der Waals surface area contributed by atoms with Crippen molar-refractivity contribution in [1.82, 2.24) is 24.4 Å². The van der Waals surface area contributed by atoms with E-state index in [2.05, 4.69) is 31.9 Å². The predicted octanol–water partition coefficient (Wildman–Crippen LogP) is -0.423. The molecule has 1 aliphatic rings. The van der Waals surface area contributed by atoms with Gasteiger partial charge in [-0.25, -0.2) is 4.79 Å². The van der Waals surface area contributed by atoms with Gasteiger partial charge in [-0.2, -0.15) is 23.1 Å². The van der Waals surface area contributed by atoms with Crippen LogP contribution < -0.4 is 21.5 Å². The first-order valence-electron chi connectivity index (χ1n) is 8.52. The van der Waals surface area contributed by atoms with Crippen LogP contribution in [0.1, 0.15) is 6.92 Å². The zero-order chi connectivity index (χ0) is 21.3. The Balaban J connectivity index is 2.12. The summed E-state index contributed by atoms with van der Waals surface area (Å²) in [5.74, 6) is 3.22. The number of nitrogen functional groups attached to an aromatic ring is 1. The first-order chi connectivity index (χ1) is 13.6. The minimum absolute atomic E-state index is 0.0259. The Hall–Kier alpha value is -3.27. The minimum atomic E-state index is -5.14. The highest BCUT2D eigenvalue weighted by Gasteiger charge is 2.44. The van der Waals surface area contributed by atoms with Crippen molar-refractivity contribution < 1.29 is 22.7 Å². The van der Waals surface area contributed by atoms with Crippen LogP contribution in [-0.2, 0) is 23.1 Å². The van der Waals surface area contributed by atoms with E-state index in [1.165, 1.54) is 16.5 Å². The summed E-state index contributed by atoms with van der Waals surface area (Å²) < 4.78 is 45.2. The maximum Gasteiger partial charge on any atom is 0.491 e. The van der Waals surface area contributed by atoms with Gasteiger partial charge >= 0.3 is 12.1 Å². The number of hydrogen-bond donors (Lipinski definition) is 2. The fourth-order valence-electron chi connectivity index (χ4n) is 2.90. The molecule has 0 aliphatic carbocycles. The Morgan fingerprint density at radius 3 is 2.79 bits per heavy atom. The molecule has 3 rings (SSSR count). The van der Waals surface area contributed by atoms with E-state index < -0.39 is 23.9 Å². The molecular weight excluding hydrogens is 395 g/mol. The molecule has 1 unspecified atom stereocenters. The highest BCUT2D eigenvalue weighted by molar-refractivity contribution is 5.77. The highest BCUT2D eigenvalue weighted by atomic mass is 19.4. The average molecular weight is 413 g/mol. The minimum Gasteiger partial charge on any atom is -0.433 e. The van der Waals surface area contributed by atoms with Gasteiger partial charge in [-0.1, -0.05) is 5.92 Å². The van der Waals surface area contributed by atoms with Gasteiger partial charge in [0.05, 0.1) is 13.1 Å². The van der Waals surface area contributed by atoms with Crippen molar-refractivity contribution >= 4 is 29.0 Å². The zero-order valence-corrected chi connectivity index (χ0v) is 15.6. The van der Waals surface area contributed by atoms with Gasteiger partial charge in [0.1, 0.15) is 0 Å². The van der Waals surface area contributed by atoms with E-state index in [0.717, 1.165) is 4.57 Å². The normalized spacial score (nSPS) is 17.1. The Morgan fingerprint density at radius 1 is 1.41 bits per heavy atom. The monoisotopic (exact) mass is 413 g/mol. The quantitative estimate of drug-likeness (QED) is 0.514. The molecule has 2 aromatic rings. The SMILES string of the molecule is CC#CCn1c(N2CCNCC2OC(=O)C(F)(F)F)nc2nc(N)n(C)c(=O)c21. The van der Waals surface area contributed by atoms with Crippen LogP contribution in [-0.4, -0.2) is 57.1 Å². The third-order valence-electron chi connectivity index (χ3n) is 4.34. The molecule has 10 nitrogen and oxygen atoms in total. The van der Waals surface area contributed by atoms with Crippen molar-refractivity contribution in [2.45, 2.75) is 25.9 Å². The van der Waals surface area contributed by atoms with E-state index >= 15 is 0 Å². The summed E-state index contributed by atoms with van der Waals surface area (Å²) in [5.41, 5.74) is 5.36. The maximum atomic E-state index is 12.7. The molecule has 0 saturated carbocycles. The van der Waals surface area contributed by atoms with Crippen molar-refractivity contribution in [1.29, 1.82) is 0 Å². The van der Waals surface area contributed by atoms with Crippen LogP contribution >= 0.6 is 0 Å². The van der Waals surface area contributed by atoms with Crippen molar-refractivity contribution in [3.05, 3.63) is 10.4 Å². The molecule has 1 fully saturated rings. The van der Waals surface area contributed by atoms with Gasteiger partial charge in [-0.05, 0) is 6.92 Å². The van der Waals surface area contributed by atoms with Crippen LogP contribution in [0.5, 0.6) is 0 Å². The second-order valence-electron chi connectivity index (χ2n) is 6.19. The summed E-state index contributed by atoms with van der Waals surface area (Å²) in [6, 6.07) is 0. The Kier molecular flexibility index (Phi) is 5.38. The van der Waals surface area contributed by atoms with Gasteiger partial charge in [0.25, 0.3) is 5.56 Å². The lowest BCUT2D eigenvalue weighted by molar-refractivity contribution is -0.205. The van der Waals surface area contributed by atoms with Crippen molar-refractivity contribution in [2.75, 3.05) is 30.3 Å². The van der Waals surface area contributed by atoms with Gasteiger partial charge in [0.2, 0.25) is 11.9 Å². The number of nitrogens with one attached hydrogen (secondary N) is 1. The number of piperazine rings is 1. The van der Waals surface area contributed by atoms with Gasteiger partial charge in [0.15, 0.2) is 17.4 Å². The summed E-state index contributed by atoms with van der Waals surface area (Å²) in [5, 5.41) is 2.86. The molecule has 0 spiro atoms. The molecule has 1 atom stereocenters. The number of carbonyl (C=O) groups excluding carboxylic acids is 1. The number of nitrogens with two attached hydrogens (primary N) is 1. The number of hydrogen-bond acceptors (Lipinski definition) is 8. The van der Waals surface area contributed by atoms with Crippen LogP contribution in [0.2, 0.25) is 0 Å². The number of nitrogens with zero attached hydrogens (tertiary/aromatic N) is 5. The number of fused-ring (bicyclic) bond motifs is 1. The third-order valence-corrected chi connectivity index (χ3v) is 4.34. The van der Waals surface area contributed by atoms with Crippen LogP contribution in [0.25, 0.3) is 11.2 Å². The van der Waals surface area contributed by atoms with E-state index in [4.69, 9.17) is 5.73 Å². The van der Waals surface area contributed by atoms with E-state index in [1.807, 2.05) is 0 Å². The largest absolute Gasteiger partial charge is 0.491 e. The van der Waals surface area contributed by atoms with Crippen LogP contribution in [0.3, 0.4) is 0 Å². The number of anilines is 2. The van der Waals surface area contributed by atoms with E-state index in [1.54, 1.807) is 6.92 Å². The topological polar surface area (TPSA) is 120 Å². The molecule has 3 heterocycles. The smallest absolute Gasteiger partial charge is 0.433 e. The van der Waals surface area contributed by atoms with Gasteiger partial charge < -0.3 is 20.7 Å². The summed E-state index contributed by atoms with van der Waals surface area (Å²) >= 11 is 0. The van der Waals surface area contributed by atoms with Crippen LogP contribution in [0.15, 0.2) is 4.79 Å². The fraction of sp³-hybridized carbons (Fsp3) is 0.500. The van der Waals surface area contributed by atoms with Crippen molar-refractivity contribution in [3.63, 3.8) is 0 Å². The lowest BCUT2D eigenvalue weighted by Gasteiger charge is -2.36. The highest BCUT2D eigenvalue weighted by Crippen LogP contribution is 2.25. The number of halogens is 3. The number of imidazole rings is 1. The van der Waals surface area contributed by atoms with Crippen LogP contribution in [0, 0.1) is 11.8 Å². The summed E-state index contributed by atoms with van der Waals surface area (Å²) in [6.07, 6.45) is -6.42. The molecule has 3 N–H and O–H groups in total. The van der Waals surface area contributed by atoms with E-state index in [9.17, 15) is 22.8 Å². The lowest BCUT2D eigenvalue weighted by Crippen LogP contribution is -2.55. The number of aromatic nitrogens is 4. The lowest BCUT2D eigenvalue weighted by atomic mass is 10.3. The molecule has 2 aromatic heterocycles. The molecule has 13 heteroatoms. The van der Waals surface area contributed by atoms with E-state index in [0.29, 0.717) is 6.54 Å². The second kappa shape index (κ2) is 7.63. The fourth-order valence-corrected chi connectivity index (χ4v) is 2.90. The Bertz CT molecular complexity index is 1060. The number of esters is 1. The van der Waals surface area contributed by atoms with E-state index in [-0.39, 0.29) is 42.7 Å². The average Bonchev–Trinajstić information content (AvgIpc) is 3.02. The standard InChI is InChI=1S/C16H18F3N7O3/c1-3-4-6-26-10-11(22-14(20)24(2)12(10)27)23-15(26)25-7-5-21-8-9(25)29-13(28)16(17,18)19/h9,21H,5-8H2,1-2H3,(H2,20,22). The second-order valence-corrected chi connectivity index (χ2v) is 6.19. The molecule has 1 aliphatic heterocycles. The molecule has 29 heavy (non-hydrogen) atoms.